The third-order valence-corrected chi connectivity index (χ3v) is 2.23. The van der Waals surface area contributed by atoms with Gasteiger partial charge in [-0.2, -0.15) is 0 Å². The van der Waals surface area contributed by atoms with Gasteiger partial charge in [0.1, 0.15) is 0 Å². The smallest absolute Gasteiger partial charge is 0.176 e. The van der Waals surface area contributed by atoms with Crippen LogP contribution in [0.2, 0.25) is 0 Å². The van der Waals surface area contributed by atoms with Crippen LogP contribution >= 0.6 is 15.9 Å². The minimum absolute atomic E-state index is 0.174. The van der Waals surface area contributed by atoms with Gasteiger partial charge in [-0.05, 0) is 18.2 Å². The van der Waals surface area contributed by atoms with E-state index in [-0.39, 0.29) is 5.75 Å². The van der Waals surface area contributed by atoms with Crippen LogP contribution < -0.4 is 0 Å². The Kier molecular flexibility index (Phi) is 1.39. The van der Waals surface area contributed by atoms with Crippen molar-refractivity contribution in [3.8, 4) is 5.75 Å². The largest absolute Gasteiger partial charge is 0.504 e. The highest BCUT2D eigenvalue weighted by molar-refractivity contribution is 9.10. The van der Waals surface area contributed by atoms with E-state index in [1.165, 1.54) is 0 Å². The summed E-state index contributed by atoms with van der Waals surface area (Å²) in [4.78, 5) is 0. The normalized spacial score (nSPS) is 10.6. The van der Waals surface area contributed by atoms with E-state index < -0.39 is 0 Å². The Bertz CT molecular complexity index is 356. The van der Waals surface area contributed by atoms with Crippen molar-refractivity contribution in [2.45, 2.75) is 0 Å². The van der Waals surface area contributed by atoms with E-state index in [1.807, 2.05) is 0 Å². The molecule has 0 aliphatic rings. The lowest BCUT2D eigenvalue weighted by Gasteiger charge is -1.94. The van der Waals surface area contributed by atoms with Crippen LogP contribution in [0.5, 0.6) is 5.75 Å². The summed E-state index contributed by atoms with van der Waals surface area (Å²) < 4.78 is 5.98. The molecule has 0 saturated carbocycles. The number of benzene rings is 1. The minimum Gasteiger partial charge on any atom is -0.504 e. The summed E-state index contributed by atoms with van der Waals surface area (Å²) in [6, 6.07) is 5.18. The number of aromatic hydroxyl groups is 1. The predicted octanol–water partition coefficient (Wildman–Crippen LogP) is 2.90. The molecule has 0 bridgehead atoms. The summed E-state index contributed by atoms with van der Waals surface area (Å²) in [5, 5.41) is 10.2. The zero-order valence-electron chi connectivity index (χ0n) is 5.54. The first kappa shape index (κ1) is 6.73. The fourth-order valence-corrected chi connectivity index (χ4v) is 1.46. The van der Waals surface area contributed by atoms with Crippen LogP contribution in [0.3, 0.4) is 0 Å². The third-order valence-electron chi connectivity index (χ3n) is 1.54. The average Bonchev–Trinajstić information content (AvgIpc) is 2.45. The zero-order valence-corrected chi connectivity index (χ0v) is 7.13. The first-order chi connectivity index (χ1) is 5.29. The summed E-state index contributed by atoms with van der Waals surface area (Å²) in [6.07, 6.45) is 1.55. The van der Waals surface area contributed by atoms with Gasteiger partial charge in [0, 0.05) is 9.86 Å². The highest BCUT2D eigenvalue weighted by atomic mass is 79.9. The molecule has 3 heteroatoms. The summed E-state index contributed by atoms with van der Waals surface area (Å²) in [5.41, 5.74) is 0.527. The molecule has 0 amide bonds. The van der Waals surface area contributed by atoms with Gasteiger partial charge in [0.05, 0.1) is 6.26 Å². The van der Waals surface area contributed by atoms with E-state index >= 15 is 0 Å². The van der Waals surface area contributed by atoms with Crippen LogP contribution in [0.4, 0.5) is 0 Å². The monoisotopic (exact) mass is 212 g/mol. The van der Waals surface area contributed by atoms with E-state index in [1.54, 1.807) is 24.5 Å². The van der Waals surface area contributed by atoms with Gasteiger partial charge in [-0.15, -0.1) is 0 Å². The minimum atomic E-state index is 0.174. The molecule has 0 fully saturated rings. The molecule has 2 rings (SSSR count). The van der Waals surface area contributed by atoms with Gasteiger partial charge in [-0.25, -0.2) is 0 Å². The van der Waals surface area contributed by atoms with Crippen LogP contribution in [0.25, 0.3) is 11.0 Å². The molecule has 0 radical (unpaired) electrons. The molecule has 2 aromatic rings. The molecule has 2 nitrogen and oxygen atoms in total. The maximum atomic E-state index is 9.27. The zero-order chi connectivity index (χ0) is 7.84. The molecule has 0 saturated heterocycles. The van der Waals surface area contributed by atoms with Crippen LogP contribution in [0, 0.1) is 0 Å². The number of hydrogen-bond acceptors (Lipinski definition) is 2. The van der Waals surface area contributed by atoms with Crippen molar-refractivity contribution < 1.29 is 9.52 Å². The maximum Gasteiger partial charge on any atom is 0.176 e. The second-order valence-electron chi connectivity index (χ2n) is 2.23. The number of rotatable bonds is 0. The lowest BCUT2D eigenvalue weighted by molar-refractivity contribution is 0.465. The van der Waals surface area contributed by atoms with E-state index in [0.717, 1.165) is 9.86 Å². The molecular weight excluding hydrogens is 208 g/mol. The summed E-state index contributed by atoms with van der Waals surface area (Å²) >= 11 is 3.34. The first-order valence-corrected chi connectivity index (χ1v) is 3.93. The standard InChI is InChI=1S/C8H5BrO2/c9-6-1-2-7(10)8-5(6)3-4-11-8/h1-4,10H. The quantitative estimate of drug-likeness (QED) is 0.729. The number of furan rings is 1. The summed E-state index contributed by atoms with van der Waals surface area (Å²) in [7, 11) is 0. The van der Waals surface area contributed by atoms with Crippen molar-refractivity contribution in [1.29, 1.82) is 0 Å². The summed E-state index contributed by atoms with van der Waals surface area (Å²) in [5.74, 6) is 0.174. The van der Waals surface area contributed by atoms with Gasteiger partial charge in [0.2, 0.25) is 0 Å². The van der Waals surface area contributed by atoms with Gasteiger partial charge >= 0.3 is 0 Å². The van der Waals surface area contributed by atoms with Gasteiger partial charge in [-0.1, -0.05) is 15.9 Å². The Morgan fingerprint density at radius 1 is 1.27 bits per heavy atom. The third kappa shape index (κ3) is 0.922. The van der Waals surface area contributed by atoms with Gasteiger partial charge in [0.25, 0.3) is 0 Å². The second kappa shape index (κ2) is 2.27. The Morgan fingerprint density at radius 3 is 2.82 bits per heavy atom. The molecule has 0 unspecified atom stereocenters. The Balaban J connectivity index is 2.96. The molecule has 0 spiro atoms. The molecular formula is C8H5BrO2. The molecule has 1 heterocycles. The van der Waals surface area contributed by atoms with Crippen molar-refractivity contribution in [3.63, 3.8) is 0 Å². The molecule has 0 aliphatic heterocycles. The number of fused-ring (bicyclic) bond motifs is 1. The van der Waals surface area contributed by atoms with Crippen molar-refractivity contribution in [1.82, 2.24) is 0 Å². The van der Waals surface area contributed by atoms with Gasteiger partial charge < -0.3 is 9.52 Å². The van der Waals surface area contributed by atoms with Crippen LogP contribution in [-0.2, 0) is 0 Å². The predicted molar refractivity (Wildman–Crippen MR) is 45.6 cm³/mol. The molecule has 1 N–H and O–H groups in total. The van der Waals surface area contributed by atoms with Crippen molar-refractivity contribution >= 4 is 26.9 Å². The first-order valence-electron chi connectivity index (χ1n) is 3.14. The number of halogens is 1. The number of phenols is 1. The van der Waals surface area contributed by atoms with E-state index in [0.29, 0.717) is 5.58 Å². The Hall–Kier alpha value is -0.960. The molecule has 0 atom stereocenters. The second-order valence-corrected chi connectivity index (χ2v) is 3.08. The van der Waals surface area contributed by atoms with Gasteiger partial charge in [0.15, 0.2) is 11.3 Å². The van der Waals surface area contributed by atoms with Gasteiger partial charge in [-0.3, -0.25) is 0 Å². The molecule has 1 aromatic heterocycles. The average molecular weight is 213 g/mol. The Morgan fingerprint density at radius 2 is 2.09 bits per heavy atom. The van der Waals surface area contributed by atoms with Crippen molar-refractivity contribution in [2.24, 2.45) is 0 Å². The van der Waals surface area contributed by atoms with Crippen molar-refractivity contribution in [3.05, 3.63) is 28.9 Å². The lowest BCUT2D eigenvalue weighted by Crippen LogP contribution is -1.68. The van der Waals surface area contributed by atoms with E-state index in [9.17, 15) is 5.11 Å². The topological polar surface area (TPSA) is 33.4 Å². The van der Waals surface area contributed by atoms with E-state index in [4.69, 9.17) is 4.42 Å². The highest BCUT2D eigenvalue weighted by Gasteiger charge is 2.04. The number of hydrogen-bond donors (Lipinski definition) is 1. The van der Waals surface area contributed by atoms with Crippen LogP contribution in [0.15, 0.2) is 33.4 Å². The van der Waals surface area contributed by atoms with E-state index in [2.05, 4.69) is 15.9 Å². The van der Waals surface area contributed by atoms with Crippen LogP contribution in [-0.4, -0.2) is 5.11 Å². The molecule has 11 heavy (non-hydrogen) atoms. The SMILES string of the molecule is Oc1ccc(Br)c2ccoc12. The highest BCUT2D eigenvalue weighted by Crippen LogP contribution is 2.31. The Labute approximate surface area is 71.6 Å². The molecule has 56 valence electrons. The lowest BCUT2D eigenvalue weighted by atomic mass is 10.2. The van der Waals surface area contributed by atoms with Crippen molar-refractivity contribution in [2.75, 3.05) is 0 Å². The summed E-state index contributed by atoms with van der Waals surface area (Å²) in [6.45, 7) is 0. The molecule has 1 aromatic carbocycles. The molecule has 0 aliphatic carbocycles. The number of phenolic OH excluding ortho intramolecular Hbond substituents is 1. The fraction of sp³-hybridized carbons (Fsp3) is 0. The fourth-order valence-electron chi connectivity index (χ4n) is 1.01. The van der Waals surface area contributed by atoms with Crippen LogP contribution in [0.1, 0.15) is 0 Å². The maximum absolute atomic E-state index is 9.27.